The summed E-state index contributed by atoms with van der Waals surface area (Å²) in [6.45, 7) is 5.79. The van der Waals surface area contributed by atoms with Crippen LogP contribution in [0, 0.1) is 12.8 Å². The van der Waals surface area contributed by atoms with Crippen LogP contribution in [0.4, 0.5) is 5.82 Å². The van der Waals surface area contributed by atoms with E-state index >= 15 is 0 Å². The minimum atomic E-state index is -0.991. The number of carbonyl (C=O) groups is 1. The first kappa shape index (κ1) is 14.5. The molecule has 1 aromatic rings. The second kappa shape index (κ2) is 5.86. The van der Waals surface area contributed by atoms with Crippen molar-refractivity contribution in [2.45, 2.75) is 33.2 Å². The Bertz CT molecular complexity index is 426. The SMILES string of the molecule is Cc1nn(C)c(NC(CCO)C(C)C)c1C(=O)O. The smallest absolute Gasteiger partial charge is 0.341 e. The number of aliphatic hydroxyl groups excluding tert-OH is 1. The molecule has 1 rings (SSSR count). The van der Waals surface area contributed by atoms with Crippen LogP contribution in [0.2, 0.25) is 0 Å². The summed E-state index contributed by atoms with van der Waals surface area (Å²) in [6, 6.07) is 0.0166. The second-order valence-corrected chi connectivity index (χ2v) is 4.74. The Morgan fingerprint density at radius 2 is 2.11 bits per heavy atom. The Balaban J connectivity index is 3.05. The fourth-order valence-corrected chi connectivity index (χ4v) is 1.97. The number of aromatic carboxylic acids is 1. The number of aryl methyl sites for hydroxylation is 2. The Morgan fingerprint density at radius 3 is 2.56 bits per heavy atom. The molecule has 1 aromatic heterocycles. The fraction of sp³-hybridized carbons (Fsp3) is 0.667. The highest BCUT2D eigenvalue weighted by atomic mass is 16.4. The molecule has 1 heterocycles. The molecular formula is C12H21N3O3. The lowest BCUT2D eigenvalue weighted by molar-refractivity contribution is 0.0697. The highest BCUT2D eigenvalue weighted by Crippen LogP contribution is 2.22. The molecule has 0 aliphatic carbocycles. The summed E-state index contributed by atoms with van der Waals surface area (Å²) in [5, 5.41) is 25.5. The predicted molar refractivity (Wildman–Crippen MR) is 68.9 cm³/mol. The van der Waals surface area contributed by atoms with Crippen molar-refractivity contribution in [1.82, 2.24) is 9.78 Å². The minimum Gasteiger partial charge on any atom is -0.477 e. The number of nitrogens with one attached hydrogen (secondary N) is 1. The molecule has 102 valence electrons. The van der Waals surface area contributed by atoms with E-state index in [9.17, 15) is 9.90 Å². The molecule has 18 heavy (non-hydrogen) atoms. The van der Waals surface area contributed by atoms with Crippen molar-refractivity contribution in [2.24, 2.45) is 13.0 Å². The van der Waals surface area contributed by atoms with Crippen LogP contribution in [0.25, 0.3) is 0 Å². The van der Waals surface area contributed by atoms with Gasteiger partial charge in [-0.15, -0.1) is 0 Å². The highest BCUT2D eigenvalue weighted by Gasteiger charge is 2.22. The summed E-state index contributed by atoms with van der Waals surface area (Å²) < 4.78 is 1.53. The number of hydrogen-bond acceptors (Lipinski definition) is 4. The first-order chi connectivity index (χ1) is 8.38. The molecule has 0 saturated carbocycles. The highest BCUT2D eigenvalue weighted by molar-refractivity contribution is 5.94. The van der Waals surface area contributed by atoms with E-state index in [4.69, 9.17) is 5.11 Å². The summed E-state index contributed by atoms with van der Waals surface area (Å²) in [7, 11) is 1.71. The van der Waals surface area contributed by atoms with Crippen LogP contribution in [0.5, 0.6) is 0 Å². The normalized spacial score (nSPS) is 12.8. The zero-order chi connectivity index (χ0) is 13.9. The maximum Gasteiger partial charge on any atom is 0.341 e. The van der Waals surface area contributed by atoms with Crippen molar-refractivity contribution in [1.29, 1.82) is 0 Å². The van der Waals surface area contributed by atoms with Gasteiger partial charge < -0.3 is 15.5 Å². The molecule has 0 saturated heterocycles. The van der Waals surface area contributed by atoms with Gasteiger partial charge in [-0.1, -0.05) is 13.8 Å². The average Bonchev–Trinajstić information content (AvgIpc) is 2.52. The van der Waals surface area contributed by atoms with Gasteiger partial charge in [-0.2, -0.15) is 5.10 Å². The number of anilines is 1. The molecule has 6 nitrogen and oxygen atoms in total. The van der Waals surface area contributed by atoms with Crippen molar-refractivity contribution in [2.75, 3.05) is 11.9 Å². The molecule has 1 unspecified atom stereocenters. The zero-order valence-corrected chi connectivity index (χ0v) is 11.3. The third-order valence-electron chi connectivity index (χ3n) is 3.00. The maximum absolute atomic E-state index is 11.2. The van der Waals surface area contributed by atoms with Crippen LogP contribution < -0.4 is 5.32 Å². The van der Waals surface area contributed by atoms with Crippen LogP contribution >= 0.6 is 0 Å². The molecule has 0 aromatic carbocycles. The topological polar surface area (TPSA) is 87.4 Å². The summed E-state index contributed by atoms with van der Waals surface area (Å²) >= 11 is 0. The van der Waals surface area contributed by atoms with Crippen molar-refractivity contribution >= 4 is 11.8 Å². The van der Waals surface area contributed by atoms with Gasteiger partial charge in [-0.05, 0) is 19.3 Å². The van der Waals surface area contributed by atoms with Gasteiger partial charge in [0.2, 0.25) is 0 Å². The molecule has 0 aliphatic rings. The van der Waals surface area contributed by atoms with Gasteiger partial charge in [0, 0.05) is 19.7 Å². The number of aliphatic hydroxyl groups is 1. The van der Waals surface area contributed by atoms with Crippen LogP contribution in [-0.4, -0.2) is 38.6 Å². The first-order valence-corrected chi connectivity index (χ1v) is 6.02. The quantitative estimate of drug-likeness (QED) is 0.712. The Hall–Kier alpha value is -1.56. The summed E-state index contributed by atoms with van der Waals surface area (Å²) in [4.78, 5) is 11.2. The summed E-state index contributed by atoms with van der Waals surface area (Å²) in [6.07, 6.45) is 0.570. The number of carboxylic acid groups (broad SMARTS) is 1. The third-order valence-corrected chi connectivity index (χ3v) is 3.00. The van der Waals surface area contributed by atoms with E-state index in [-0.39, 0.29) is 24.1 Å². The molecule has 0 aliphatic heterocycles. The lowest BCUT2D eigenvalue weighted by Crippen LogP contribution is -2.28. The number of nitrogens with zero attached hydrogens (tertiary/aromatic N) is 2. The van der Waals surface area contributed by atoms with E-state index in [1.807, 2.05) is 13.8 Å². The van der Waals surface area contributed by atoms with E-state index < -0.39 is 5.97 Å². The van der Waals surface area contributed by atoms with E-state index in [2.05, 4.69) is 10.4 Å². The van der Waals surface area contributed by atoms with E-state index in [0.29, 0.717) is 17.9 Å². The van der Waals surface area contributed by atoms with Gasteiger partial charge in [0.15, 0.2) is 0 Å². The molecule has 0 fully saturated rings. The van der Waals surface area contributed by atoms with E-state index in [0.717, 1.165) is 0 Å². The largest absolute Gasteiger partial charge is 0.477 e. The molecule has 6 heteroatoms. The van der Waals surface area contributed by atoms with Crippen molar-refractivity contribution < 1.29 is 15.0 Å². The molecule has 0 radical (unpaired) electrons. The third kappa shape index (κ3) is 3.01. The van der Waals surface area contributed by atoms with Gasteiger partial charge >= 0.3 is 5.97 Å². The standard InChI is InChI=1S/C12H21N3O3/c1-7(2)9(5-6-16)13-11-10(12(17)18)8(3)14-15(11)4/h7,9,13,16H,5-6H2,1-4H3,(H,17,18). The summed E-state index contributed by atoms with van der Waals surface area (Å²) in [5.74, 6) is -0.212. The van der Waals surface area contributed by atoms with E-state index in [1.54, 1.807) is 14.0 Å². The molecule has 0 amide bonds. The maximum atomic E-state index is 11.2. The van der Waals surface area contributed by atoms with Gasteiger partial charge in [-0.3, -0.25) is 4.68 Å². The van der Waals surface area contributed by atoms with Gasteiger partial charge in [0.05, 0.1) is 5.69 Å². The zero-order valence-electron chi connectivity index (χ0n) is 11.3. The second-order valence-electron chi connectivity index (χ2n) is 4.74. The van der Waals surface area contributed by atoms with Gasteiger partial charge in [-0.25, -0.2) is 4.79 Å². The molecule has 3 N–H and O–H groups in total. The Morgan fingerprint density at radius 1 is 1.50 bits per heavy atom. The monoisotopic (exact) mass is 255 g/mol. The van der Waals surface area contributed by atoms with E-state index in [1.165, 1.54) is 4.68 Å². The molecule has 1 atom stereocenters. The number of rotatable bonds is 6. The number of aromatic nitrogens is 2. The van der Waals surface area contributed by atoms with Crippen LogP contribution in [0.3, 0.4) is 0 Å². The first-order valence-electron chi connectivity index (χ1n) is 6.02. The lowest BCUT2D eigenvalue weighted by Gasteiger charge is -2.23. The summed E-state index contributed by atoms with van der Waals surface area (Å²) in [5.41, 5.74) is 0.681. The minimum absolute atomic E-state index is 0.0166. The fourth-order valence-electron chi connectivity index (χ4n) is 1.97. The average molecular weight is 255 g/mol. The van der Waals surface area contributed by atoms with Crippen molar-refractivity contribution in [3.63, 3.8) is 0 Å². The number of carboxylic acids is 1. The van der Waals surface area contributed by atoms with Gasteiger partial charge in [0.25, 0.3) is 0 Å². The predicted octanol–water partition coefficient (Wildman–Crippen LogP) is 1.25. The van der Waals surface area contributed by atoms with Crippen LogP contribution in [0.15, 0.2) is 0 Å². The van der Waals surface area contributed by atoms with Crippen LogP contribution in [-0.2, 0) is 7.05 Å². The molecule has 0 spiro atoms. The Kier molecular flexibility index (Phi) is 4.72. The van der Waals surface area contributed by atoms with Crippen LogP contribution in [0.1, 0.15) is 36.3 Å². The molecular weight excluding hydrogens is 234 g/mol. The number of hydrogen-bond donors (Lipinski definition) is 3. The van der Waals surface area contributed by atoms with Crippen molar-refractivity contribution in [3.05, 3.63) is 11.3 Å². The van der Waals surface area contributed by atoms with Gasteiger partial charge in [0.1, 0.15) is 11.4 Å². The lowest BCUT2D eigenvalue weighted by atomic mass is 10.0. The molecule has 0 bridgehead atoms. The Labute approximate surface area is 107 Å². The van der Waals surface area contributed by atoms with Crippen molar-refractivity contribution in [3.8, 4) is 0 Å².